The lowest BCUT2D eigenvalue weighted by atomic mass is 10.1. The third-order valence-electron chi connectivity index (χ3n) is 1.90. The van der Waals surface area contributed by atoms with Crippen molar-refractivity contribution in [2.45, 2.75) is 0 Å². The Morgan fingerprint density at radius 3 is 2.67 bits per heavy atom. The summed E-state index contributed by atoms with van der Waals surface area (Å²) in [5.41, 5.74) is 1.58. The predicted molar refractivity (Wildman–Crippen MR) is 63.5 cm³/mol. The van der Waals surface area contributed by atoms with Crippen LogP contribution in [0.3, 0.4) is 0 Å². The lowest BCUT2D eigenvalue weighted by Gasteiger charge is -2.05. The summed E-state index contributed by atoms with van der Waals surface area (Å²) in [6.07, 6.45) is 1.61. The van der Waals surface area contributed by atoms with Crippen LogP contribution in [0.25, 0.3) is 11.1 Å². The number of halogens is 3. The lowest BCUT2D eigenvalue weighted by Crippen LogP contribution is -1.82. The van der Waals surface area contributed by atoms with Gasteiger partial charge in [0, 0.05) is 11.8 Å². The molecular formula is C11H5Cl3N. The molecular weight excluding hydrogens is 252 g/mol. The van der Waals surface area contributed by atoms with Crippen LogP contribution in [-0.4, -0.2) is 4.98 Å². The first-order valence-corrected chi connectivity index (χ1v) is 5.29. The maximum Gasteiger partial charge on any atom is 0.129 e. The Hall–Kier alpha value is -0.760. The van der Waals surface area contributed by atoms with Gasteiger partial charge in [0.25, 0.3) is 0 Å². The fourth-order valence-electron chi connectivity index (χ4n) is 1.22. The molecule has 75 valence electrons. The second-order valence-corrected chi connectivity index (χ2v) is 4.05. The van der Waals surface area contributed by atoms with Crippen LogP contribution in [0.5, 0.6) is 0 Å². The van der Waals surface area contributed by atoms with E-state index in [1.54, 1.807) is 30.5 Å². The quantitative estimate of drug-likeness (QED) is 0.685. The number of pyridine rings is 1. The molecule has 0 amide bonds. The van der Waals surface area contributed by atoms with Crippen LogP contribution in [-0.2, 0) is 0 Å². The van der Waals surface area contributed by atoms with Gasteiger partial charge >= 0.3 is 0 Å². The van der Waals surface area contributed by atoms with Gasteiger partial charge in [-0.1, -0.05) is 40.9 Å². The van der Waals surface area contributed by atoms with Crippen molar-refractivity contribution in [3.8, 4) is 11.1 Å². The third-order valence-corrected chi connectivity index (χ3v) is 2.91. The van der Waals surface area contributed by atoms with Crippen LogP contribution < -0.4 is 0 Å². The highest BCUT2D eigenvalue weighted by atomic mass is 35.5. The molecule has 0 spiro atoms. The van der Waals surface area contributed by atoms with Crippen molar-refractivity contribution in [2.24, 2.45) is 0 Å². The average molecular weight is 258 g/mol. The zero-order valence-corrected chi connectivity index (χ0v) is 9.74. The Kier molecular flexibility index (Phi) is 3.15. The molecule has 1 nitrogen and oxygen atoms in total. The van der Waals surface area contributed by atoms with Crippen LogP contribution in [0.4, 0.5) is 0 Å². The van der Waals surface area contributed by atoms with Gasteiger partial charge < -0.3 is 0 Å². The van der Waals surface area contributed by atoms with Gasteiger partial charge in [0.1, 0.15) is 5.15 Å². The van der Waals surface area contributed by atoms with Gasteiger partial charge in [-0.2, -0.15) is 0 Å². The van der Waals surface area contributed by atoms with Crippen molar-refractivity contribution in [3.05, 3.63) is 51.7 Å². The van der Waals surface area contributed by atoms with E-state index in [0.29, 0.717) is 15.2 Å². The Morgan fingerprint density at radius 2 is 1.93 bits per heavy atom. The molecule has 0 aliphatic rings. The number of hydrogen-bond acceptors (Lipinski definition) is 1. The molecule has 0 unspecified atom stereocenters. The lowest BCUT2D eigenvalue weighted by molar-refractivity contribution is 1.33. The summed E-state index contributed by atoms with van der Waals surface area (Å²) in [7, 11) is 0. The van der Waals surface area contributed by atoms with E-state index < -0.39 is 0 Å². The van der Waals surface area contributed by atoms with Crippen LogP contribution in [0.15, 0.2) is 30.5 Å². The molecule has 0 N–H and O–H groups in total. The van der Waals surface area contributed by atoms with Crippen molar-refractivity contribution in [3.63, 3.8) is 0 Å². The maximum absolute atomic E-state index is 6.05. The van der Waals surface area contributed by atoms with E-state index in [0.717, 1.165) is 11.1 Å². The molecule has 0 saturated carbocycles. The molecule has 2 rings (SSSR count). The molecule has 1 radical (unpaired) electrons. The fourth-order valence-corrected chi connectivity index (χ4v) is 1.78. The topological polar surface area (TPSA) is 12.9 Å². The van der Waals surface area contributed by atoms with E-state index in [2.05, 4.69) is 11.1 Å². The summed E-state index contributed by atoms with van der Waals surface area (Å²) in [5.74, 6) is 0. The largest absolute Gasteiger partial charge is 0.245 e. The molecule has 0 saturated heterocycles. The molecule has 0 bridgehead atoms. The predicted octanol–water partition coefficient (Wildman–Crippen LogP) is 4.51. The van der Waals surface area contributed by atoms with Gasteiger partial charge in [-0.15, -0.1) is 0 Å². The molecule has 15 heavy (non-hydrogen) atoms. The van der Waals surface area contributed by atoms with Crippen molar-refractivity contribution < 1.29 is 0 Å². The average Bonchev–Trinajstić information content (AvgIpc) is 2.22. The third kappa shape index (κ3) is 2.25. The maximum atomic E-state index is 6.05. The monoisotopic (exact) mass is 256 g/mol. The first-order valence-electron chi connectivity index (χ1n) is 4.16. The number of aromatic nitrogens is 1. The fraction of sp³-hybridized carbons (Fsp3) is 0. The SMILES string of the molecule is Clc1cc(-c2[c]ccc(Cl)c2Cl)ccn1. The van der Waals surface area contributed by atoms with Crippen molar-refractivity contribution in [1.29, 1.82) is 0 Å². The summed E-state index contributed by atoms with van der Waals surface area (Å²) in [6, 6.07) is 9.95. The van der Waals surface area contributed by atoms with Gasteiger partial charge in [0.2, 0.25) is 0 Å². The summed E-state index contributed by atoms with van der Waals surface area (Å²) < 4.78 is 0. The van der Waals surface area contributed by atoms with E-state index in [1.165, 1.54) is 0 Å². The zero-order valence-electron chi connectivity index (χ0n) is 7.47. The van der Waals surface area contributed by atoms with Crippen LogP contribution in [0, 0.1) is 6.07 Å². The van der Waals surface area contributed by atoms with Crippen LogP contribution in [0.2, 0.25) is 15.2 Å². The van der Waals surface area contributed by atoms with Crippen LogP contribution >= 0.6 is 34.8 Å². The van der Waals surface area contributed by atoms with E-state index in [1.807, 2.05) is 0 Å². The molecule has 1 aromatic carbocycles. The van der Waals surface area contributed by atoms with E-state index in [4.69, 9.17) is 34.8 Å². The highest BCUT2D eigenvalue weighted by Gasteiger charge is 2.07. The van der Waals surface area contributed by atoms with Gasteiger partial charge in [0.15, 0.2) is 0 Å². The minimum atomic E-state index is 0.414. The molecule has 0 atom stereocenters. The first-order chi connectivity index (χ1) is 7.18. The van der Waals surface area contributed by atoms with Crippen molar-refractivity contribution >= 4 is 34.8 Å². The molecule has 1 heterocycles. The van der Waals surface area contributed by atoms with Gasteiger partial charge in [-0.05, 0) is 29.8 Å². The summed E-state index contributed by atoms with van der Waals surface area (Å²) >= 11 is 17.7. The van der Waals surface area contributed by atoms with Gasteiger partial charge in [0.05, 0.1) is 10.0 Å². The van der Waals surface area contributed by atoms with Crippen molar-refractivity contribution in [2.75, 3.05) is 0 Å². The standard InChI is InChI=1S/C11H5Cl3N/c12-9-3-1-2-8(11(9)14)7-4-5-15-10(13)6-7/h1,3-6H. The van der Waals surface area contributed by atoms with Crippen molar-refractivity contribution in [1.82, 2.24) is 4.98 Å². The minimum absolute atomic E-state index is 0.414. The molecule has 0 fully saturated rings. The van der Waals surface area contributed by atoms with E-state index in [-0.39, 0.29) is 0 Å². The second kappa shape index (κ2) is 4.40. The summed E-state index contributed by atoms with van der Waals surface area (Å²) in [6.45, 7) is 0. The van der Waals surface area contributed by atoms with Gasteiger partial charge in [-0.3, -0.25) is 0 Å². The first kappa shape index (κ1) is 10.7. The number of nitrogens with zero attached hydrogens (tertiary/aromatic N) is 1. The number of benzene rings is 1. The molecule has 4 heteroatoms. The molecule has 2 aromatic rings. The Bertz CT molecular complexity index is 497. The second-order valence-electron chi connectivity index (χ2n) is 2.88. The summed E-state index contributed by atoms with van der Waals surface area (Å²) in [5, 5.41) is 1.39. The molecule has 0 aliphatic heterocycles. The number of hydrogen-bond donors (Lipinski definition) is 0. The van der Waals surface area contributed by atoms with E-state index in [9.17, 15) is 0 Å². The molecule has 0 aliphatic carbocycles. The Morgan fingerprint density at radius 1 is 1.13 bits per heavy atom. The van der Waals surface area contributed by atoms with Crippen LogP contribution in [0.1, 0.15) is 0 Å². The normalized spacial score (nSPS) is 10.3. The van der Waals surface area contributed by atoms with Gasteiger partial charge in [-0.25, -0.2) is 4.98 Å². The highest BCUT2D eigenvalue weighted by Crippen LogP contribution is 2.33. The Labute approximate surface area is 103 Å². The molecule has 1 aromatic heterocycles. The number of rotatable bonds is 1. The van der Waals surface area contributed by atoms with E-state index >= 15 is 0 Å². The highest BCUT2D eigenvalue weighted by molar-refractivity contribution is 6.43. The summed E-state index contributed by atoms with van der Waals surface area (Å²) in [4.78, 5) is 3.89. The smallest absolute Gasteiger partial charge is 0.129 e. The minimum Gasteiger partial charge on any atom is -0.245 e. The Balaban J connectivity index is 2.59. The zero-order chi connectivity index (χ0) is 10.8.